The number of nitrogens with one attached hydrogen (secondary N) is 1. The summed E-state index contributed by atoms with van der Waals surface area (Å²) in [6, 6.07) is 0.705. The van der Waals surface area contributed by atoms with Crippen LogP contribution in [0.15, 0.2) is 17.1 Å². The van der Waals surface area contributed by atoms with Gasteiger partial charge in [-0.25, -0.2) is 9.88 Å². The molecular weight excluding hydrogens is 351 g/mol. The van der Waals surface area contributed by atoms with Crippen LogP contribution in [-0.4, -0.2) is 46.7 Å². The van der Waals surface area contributed by atoms with Gasteiger partial charge in [-0.05, 0) is 26.8 Å². The normalized spacial score (nSPS) is 24.9. The number of rotatable bonds is 6. The van der Waals surface area contributed by atoms with Gasteiger partial charge in [0.05, 0.1) is 19.3 Å². The third-order valence-electron chi connectivity index (χ3n) is 3.34. The topological polar surface area (TPSA) is 135 Å². The van der Waals surface area contributed by atoms with E-state index in [1.54, 1.807) is 20.8 Å². The molecule has 10 nitrogen and oxygen atoms in total. The van der Waals surface area contributed by atoms with Crippen molar-refractivity contribution in [1.82, 2.24) is 14.6 Å². The summed E-state index contributed by atoms with van der Waals surface area (Å²) in [4.78, 5) is 27.1. The van der Waals surface area contributed by atoms with Gasteiger partial charge in [0.25, 0.3) is 7.52 Å². The van der Waals surface area contributed by atoms with Crippen molar-refractivity contribution in [2.45, 2.75) is 45.6 Å². The number of carbonyl (C=O) groups excluding carboxylic acids is 1. The van der Waals surface area contributed by atoms with Crippen LogP contribution >= 0.6 is 7.52 Å². The molecular formula is C14H23N4O6P. The molecule has 0 radical (unpaired) electrons. The van der Waals surface area contributed by atoms with Gasteiger partial charge < -0.3 is 19.7 Å². The van der Waals surface area contributed by atoms with Crippen LogP contribution < -0.4 is 16.5 Å². The second-order valence-corrected chi connectivity index (χ2v) is 8.13. The summed E-state index contributed by atoms with van der Waals surface area (Å²) in [5.41, 5.74) is 4.93. The lowest BCUT2D eigenvalue weighted by Gasteiger charge is -2.31. The molecule has 2 rings (SSSR count). The van der Waals surface area contributed by atoms with E-state index in [4.69, 9.17) is 19.7 Å². The number of ether oxygens (including phenoxy) is 2. The molecule has 0 saturated carbocycles. The largest absolute Gasteiger partial charge is 0.462 e. The maximum Gasteiger partial charge on any atom is 0.349 e. The molecule has 1 aromatic rings. The molecule has 1 saturated heterocycles. The first kappa shape index (κ1) is 19.6. The van der Waals surface area contributed by atoms with Crippen molar-refractivity contribution in [1.29, 1.82) is 0 Å². The molecule has 1 fully saturated rings. The number of hydrogen-bond acceptors (Lipinski definition) is 8. The Morgan fingerprint density at radius 3 is 2.84 bits per heavy atom. The van der Waals surface area contributed by atoms with Gasteiger partial charge in [-0.3, -0.25) is 13.9 Å². The predicted molar refractivity (Wildman–Crippen MR) is 90.0 cm³/mol. The molecule has 140 valence electrons. The molecule has 0 spiro atoms. The Labute approximate surface area is 145 Å². The number of aromatic nitrogens is 2. The fourth-order valence-electron chi connectivity index (χ4n) is 2.15. The SMILES string of the molecule is CC(C)OC(=O)[C@H](C)NP1(=O)COC(Cn2ccc(N)nc2=O)CO1. The molecule has 1 aliphatic rings. The average Bonchev–Trinajstić information content (AvgIpc) is 2.51. The van der Waals surface area contributed by atoms with Gasteiger partial charge in [-0.15, -0.1) is 0 Å². The predicted octanol–water partition coefficient (Wildman–Crippen LogP) is 0.321. The van der Waals surface area contributed by atoms with Crippen LogP contribution in [0, 0.1) is 0 Å². The lowest BCUT2D eigenvalue weighted by Crippen LogP contribution is -2.40. The minimum atomic E-state index is -3.32. The van der Waals surface area contributed by atoms with E-state index in [-0.39, 0.29) is 31.4 Å². The molecule has 3 atom stereocenters. The molecule has 2 unspecified atom stereocenters. The van der Waals surface area contributed by atoms with E-state index in [0.29, 0.717) is 0 Å². The van der Waals surface area contributed by atoms with Crippen molar-refractivity contribution in [3.05, 3.63) is 22.7 Å². The standard InChI is InChI=1S/C14H23N4O6P/c1-9(2)24-13(19)10(3)17-25(21)8-22-11(7-23-25)6-18-5-4-12(15)16-14(18)20/h4-5,9-11H,6-8H2,1-3H3,(H,17,21)(H2,15,16,20)/t10-,11?,25?/m0/s1. The van der Waals surface area contributed by atoms with Gasteiger partial charge in [0.1, 0.15) is 24.3 Å². The summed E-state index contributed by atoms with van der Waals surface area (Å²) < 4.78 is 29.9. The molecule has 2 heterocycles. The summed E-state index contributed by atoms with van der Waals surface area (Å²) >= 11 is 0. The molecule has 1 aliphatic heterocycles. The Bertz CT molecular complexity index is 710. The first-order chi connectivity index (χ1) is 11.7. The van der Waals surface area contributed by atoms with Crippen LogP contribution in [0.2, 0.25) is 0 Å². The molecule has 0 bridgehead atoms. The Kier molecular flexibility index (Phi) is 6.34. The minimum absolute atomic E-state index is 0.00699. The van der Waals surface area contributed by atoms with E-state index in [0.717, 1.165) is 0 Å². The Balaban J connectivity index is 1.88. The summed E-state index contributed by atoms with van der Waals surface area (Å²) in [6.45, 7) is 5.20. The number of esters is 1. The zero-order valence-electron chi connectivity index (χ0n) is 14.4. The molecule has 3 N–H and O–H groups in total. The lowest BCUT2D eigenvalue weighted by atomic mass is 10.3. The zero-order valence-corrected chi connectivity index (χ0v) is 15.3. The first-order valence-corrected chi connectivity index (χ1v) is 9.66. The third-order valence-corrected chi connectivity index (χ3v) is 5.18. The highest BCUT2D eigenvalue weighted by Crippen LogP contribution is 2.46. The lowest BCUT2D eigenvalue weighted by molar-refractivity contribution is -0.149. The minimum Gasteiger partial charge on any atom is -0.462 e. The Morgan fingerprint density at radius 2 is 2.28 bits per heavy atom. The van der Waals surface area contributed by atoms with E-state index in [9.17, 15) is 14.2 Å². The first-order valence-electron chi connectivity index (χ1n) is 7.85. The van der Waals surface area contributed by atoms with Gasteiger partial charge >= 0.3 is 11.7 Å². The molecule has 0 amide bonds. The van der Waals surface area contributed by atoms with Crippen molar-refractivity contribution in [3.63, 3.8) is 0 Å². The monoisotopic (exact) mass is 374 g/mol. The average molecular weight is 374 g/mol. The maximum absolute atomic E-state index is 12.6. The fraction of sp³-hybridized carbons (Fsp3) is 0.643. The maximum atomic E-state index is 12.6. The van der Waals surface area contributed by atoms with Crippen molar-refractivity contribution in [3.8, 4) is 0 Å². The quantitative estimate of drug-likeness (QED) is 0.533. The Morgan fingerprint density at radius 1 is 1.56 bits per heavy atom. The van der Waals surface area contributed by atoms with E-state index in [1.165, 1.54) is 16.8 Å². The van der Waals surface area contributed by atoms with Crippen molar-refractivity contribution < 1.29 is 23.4 Å². The summed E-state index contributed by atoms with van der Waals surface area (Å²) in [5.74, 6) is -0.381. The summed E-state index contributed by atoms with van der Waals surface area (Å²) in [7, 11) is -3.32. The van der Waals surface area contributed by atoms with Crippen molar-refractivity contribution >= 4 is 19.3 Å². The second-order valence-electron chi connectivity index (χ2n) is 6.01. The van der Waals surface area contributed by atoms with E-state index in [1.807, 2.05) is 0 Å². The van der Waals surface area contributed by atoms with E-state index < -0.39 is 31.3 Å². The zero-order chi connectivity index (χ0) is 18.6. The highest BCUT2D eigenvalue weighted by molar-refractivity contribution is 7.56. The molecule has 25 heavy (non-hydrogen) atoms. The van der Waals surface area contributed by atoms with Crippen LogP contribution in [-0.2, 0) is 29.9 Å². The highest BCUT2D eigenvalue weighted by atomic mass is 31.2. The number of nitrogen functional groups attached to an aromatic ring is 1. The number of carbonyl (C=O) groups is 1. The van der Waals surface area contributed by atoms with E-state index >= 15 is 0 Å². The molecule has 0 aliphatic carbocycles. The van der Waals surface area contributed by atoms with Crippen LogP contribution in [0.25, 0.3) is 0 Å². The smallest absolute Gasteiger partial charge is 0.349 e. The molecule has 11 heteroatoms. The summed E-state index contributed by atoms with van der Waals surface area (Å²) in [5, 5.41) is 2.64. The van der Waals surface area contributed by atoms with Gasteiger partial charge in [0.15, 0.2) is 0 Å². The Hall–Kier alpha value is -1.74. The van der Waals surface area contributed by atoms with Gasteiger partial charge in [0, 0.05) is 6.20 Å². The fourth-order valence-corrected chi connectivity index (χ4v) is 3.89. The van der Waals surface area contributed by atoms with Crippen molar-refractivity contribution in [2.24, 2.45) is 0 Å². The van der Waals surface area contributed by atoms with Crippen molar-refractivity contribution in [2.75, 3.05) is 18.7 Å². The van der Waals surface area contributed by atoms with Gasteiger partial charge in [-0.2, -0.15) is 4.98 Å². The molecule has 1 aromatic heterocycles. The summed E-state index contributed by atoms with van der Waals surface area (Å²) in [6.07, 6.45) is 0.556. The van der Waals surface area contributed by atoms with E-state index in [2.05, 4.69) is 10.1 Å². The van der Waals surface area contributed by atoms with Crippen LogP contribution in [0.5, 0.6) is 0 Å². The number of hydrogen-bond donors (Lipinski definition) is 2. The van der Waals surface area contributed by atoms with Gasteiger partial charge in [-0.1, -0.05) is 0 Å². The number of nitrogens with zero attached hydrogens (tertiary/aromatic N) is 2. The van der Waals surface area contributed by atoms with Crippen LogP contribution in [0.1, 0.15) is 20.8 Å². The molecule has 0 aromatic carbocycles. The highest BCUT2D eigenvalue weighted by Gasteiger charge is 2.35. The van der Waals surface area contributed by atoms with Crippen LogP contribution in [0.3, 0.4) is 0 Å². The number of nitrogens with two attached hydrogens (primary N) is 1. The third kappa shape index (κ3) is 5.64. The van der Waals surface area contributed by atoms with Crippen LogP contribution in [0.4, 0.5) is 5.82 Å². The second kappa shape index (κ2) is 8.09. The number of anilines is 1. The van der Waals surface area contributed by atoms with Gasteiger partial charge in [0.2, 0.25) is 0 Å².